The van der Waals surface area contributed by atoms with E-state index in [-0.39, 0.29) is 11.9 Å². The number of aryl methyl sites for hydroxylation is 1. The highest BCUT2D eigenvalue weighted by Crippen LogP contribution is 2.23. The number of carbonyl (C=O) groups excluding carboxylic acids is 1. The van der Waals surface area contributed by atoms with Gasteiger partial charge in [0.25, 0.3) is 5.91 Å². The van der Waals surface area contributed by atoms with E-state index < -0.39 is 0 Å². The molecule has 3 aromatic heterocycles. The number of hydrogen-bond donors (Lipinski definition) is 1. The molecule has 1 fully saturated rings. The summed E-state index contributed by atoms with van der Waals surface area (Å²) < 4.78 is 7.16. The summed E-state index contributed by atoms with van der Waals surface area (Å²) in [5.41, 5.74) is 5.28. The van der Waals surface area contributed by atoms with Crippen molar-refractivity contribution in [1.29, 1.82) is 0 Å². The summed E-state index contributed by atoms with van der Waals surface area (Å²) in [6.45, 7) is 1.37. The SMILES string of the molecule is Cn1cc(-c2ccc(Cc3cc(C(=O)NC4CCOCC4)nc4ccccc34)cn2)cn1. The molecule has 0 aliphatic carbocycles. The molecule has 7 heteroatoms. The van der Waals surface area contributed by atoms with Gasteiger partial charge in [0.1, 0.15) is 5.69 Å². The number of carbonyl (C=O) groups is 1. The smallest absolute Gasteiger partial charge is 0.270 e. The van der Waals surface area contributed by atoms with Crippen LogP contribution in [0.15, 0.2) is 61.1 Å². The molecule has 5 rings (SSSR count). The first-order valence-electron chi connectivity index (χ1n) is 10.9. The first kappa shape index (κ1) is 20.3. The Morgan fingerprint density at radius 1 is 1.16 bits per heavy atom. The van der Waals surface area contributed by atoms with Crippen LogP contribution in [0, 0.1) is 0 Å². The van der Waals surface area contributed by atoms with Crippen LogP contribution < -0.4 is 5.32 Å². The summed E-state index contributed by atoms with van der Waals surface area (Å²) >= 11 is 0. The Bertz CT molecular complexity index is 1240. The van der Waals surface area contributed by atoms with Crippen LogP contribution in [-0.4, -0.2) is 44.9 Å². The molecule has 1 aliphatic rings. The highest BCUT2D eigenvalue weighted by molar-refractivity contribution is 5.96. The van der Waals surface area contributed by atoms with Crippen LogP contribution in [0.2, 0.25) is 0 Å². The van der Waals surface area contributed by atoms with Gasteiger partial charge in [-0.15, -0.1) is 0 Å². The van der Waals surface area contributed by atoms with Gasteiger partial charge in [-0.05, 0) is 48.6 Å². The second-order valence-corrected chi connectivity index (χ2v) is 8.18. The van der Waals surface area contributed by atoms with Crippen LogP contribution >= 0.6 is 0 Å². The lowest BCUT2D eigenvalue weighted by molar-refractivity contribution is 0.0694. The maximum absolute atomic E-state index is 12.9. The van der Waals surface area contributed by atoms with Gasteiger partial charge in [-0.25, -0.2) is 4.98 Å². The third-order valence-electron chi connectivity index (χ3n) is 5.81. The van der Waals surface area contributed by atoms with E-state index in [1.165, 1.54) is 0 Å². The zero-order valence-electron chi connectivity index (χ0n) is 18.0. The standard InChI is InChI=1S/C25H25N5O2/c1-30-16-19(15-27-30)22-7-6-17(14-26-22)12-18-13-24(29-23-5-3-2-4-21(18)23)25(31)28-20-8-10-32-11-9-20/h2-7,13-16,20H,8-12H2,1H3,(H,28,31). The van der Waals surface area contributed by atoms with Gasteiger partial charge >= 0.3 is 0 Å². The minimum atomic E-state index is -0.131. The molecule has 0 atom stereocenters. The average molecular weight is 428 g/mol. The first-order valence-corrected chi connectivity index (χ1v) is 10.9. The number of para-hydroxylation sites is 1. The van der Waals surface area contributed by atoms with Crippen LogP contribution in [0.5, 0.6) is 0 Å². The van der Waals surface area contributed by atoms with E-state index in [1.54, 1.807) is 4.68 Å². The summed E-state index contributed by atoms with van der Waals surface area (Å²) in [6.07, 6.45) is 7.98. The third-order valence-corrected chi connectivity index (χ3v) is 5.81. The molecule has 4 aromatic rings. The predicted molar refractivity (Wildman–Crippen MR) is 122 cm³/mol. The number of rotatable bonds is 5. The third kappa shape index (κ3) is 4.38. The van der Waals surface area contributed by atoms with Gasteiger partial charge in [0.15, 0.2) is 0 Å². The average Bonchev–Trinajstić information content (AvgIpc) is 3.26. The molecule has 0 saturated carbocycles. The van der Waals surface area contributed by atoms with E-state index in [1.807, 2.05) is 56.0 Å². The molecule has 1 saturated heterocycles. The second-order valence-electron chi connectivity index (χ2n) is 8.18. The van der Waals surface area contributed by atoms with Crippen molar-refractivity contribution in [2.75, 3.05) is 13.2 Å². The minimum absolute atomic E-state index is 0.131. The molecule has 0 radical (unpaired) electrons. The number of nitrogens with zero attached hydrogens (tertiary/aromatic N) is 4. The van der Waals surface area contributed by atoms with Gasteiger partial charge in [0, 0.05) is 49.6 Å². The number of fused-ring (bicyclic) bond motifs is 1. The maximum atomic E-state index is 12.9. The summed E-state index contributed by atoms with van der Waals surface area (Å²) in [5.74, 6) is -0.131. The van der Waals surface area contributed by atoms with Crippen LogP contribution in [0.3, 0.4) is 0 Å². The number of benzene rings is 1. The van der Waals surface area contributed by atoms with E-state index >= 15 is 0 Å². The summed E-state index contributed by atoms with van der Waals surface area (Å²) in [7, 11) is 1.89. The number of amides is 1. The molecular weight excluding hydrogens is 402 g/mol. The predicted octanol–water partition coefficient (Wildman–Crippen LogP) is 3.53. The summed E-state index contributed by atoms with van der Waals surface area (Å²) in [5, 5.41) is 8.37. The zero-order chi connectivity index (χ0) is 21.9. The molecule has 1 N–H and O–H groups in total. The van der Waals surface area contributed by atoms with Gasteiger partial charge in [0.05, 0.1) is 17.4 Å². The Labute approximate surface area is 186 Å². The number of nitrogens with one attached hydrogen (secondary N) is 1. The van der Waals surface area contributed by atoms with Gasteiger partial charge in [-0.2, -0.15) is 5.10 Å². The van der Waals surface area contributed by atoms with E-state index in [2.05, 4.69) is 32.5 Å². The number of ether oxygens (including phenoxy) is 1. The molecule has 7 nitrogen and oxygen atoms in total. The topological polar surface area (TPSA) is 81.9 Å². The van der Waals surface area contributed by atoms with Crippen molar-refractivity contribution in [3.05, 3.63) is 77.9 Å². The lowest BCUT2D eigenvalue weighted by Crippen LogP contribution is -2.39. The molecule has 0 unspecified atom stereocenters. The van der Waals surface area contributed by atoms with Crippen molar-refractivity contribution in [3.63, 3.8) is 0 Å². The largest absolute Gasteiger partial charge is 0.381 e. The minimum Gasteiger partial charge on any atom is -0.381 e. The van der Waals surface area contributed by atoms with Crippen LogP contribution in [0.4, 0.5) is 0 Å². The highest BCUT2D eigenvalue weighted by Gasteiger charge is 2.19. The monoisotopic (exact) mass is 427 g/mol. The van der Waals surface area contributed by atoms with Crippen molar-refractivity contribution in [2.45, 2.75) is 25.3 Å². The van der Waals surface area contributed by atoms with Gasteiger partial charge in [-0.3, -0.25) is 14.5 Å². The maximum Gasteiger partial charge on any atom is 0.270 e. The number of pyridine rings is 2. The van der Waals surface area contributed by atoms with Gasteiger partial charge < -0.3 is 10.1 Å². The molecular formula is C25H25N5O2. The zero-order valence-corrected chi connectivity index (χ0v) is 18.0. The van der Waals surface area contributed by atoms with Crippen molar-refractivity contribution < 1.29 is 9.53 Å². The van der Waals surface area contributed by atoms with E-state index in [9.17, 15) is 4.79 Å². The van der Waals surface area contributed by atoms with Crippen LogP contribution in [0.25, 0.3) is 22.2 Å². The lowest BCUT2D eigenvalue weighted by atomic mass is 10.00. The normalized spacial score (nSPS) is 14.5. The quantitative estimate of drug-likeness (QED) is 0.527. The number of hydrogen-bond acceptors (Lipinski definition) is 5. The second kappa shape index (κ2) is 8.88. The fraction of sp³-hybridized carbons (Fsp3) is 0.280. The van der Waals surface area contributed by atoms with Crippen LogP contribution in [0.1, 0.15) is 34.5 Å². The summed E-state index contributed by atoms with van der Waals surface area (Å²) in [6, 6.07) is 14.1. The van der Waals surface area contributed by atoms with Crippen molar-refractivity contribution in [2.24, 2.45) is 7.05 Å². The Kier molecular flexibility index (Phi) is 5.64. The lowest BCUT2D eigenvalue weighted by Gasteiger charge is -2.23. The molecule has 0 spiro atoms. The molecule has 4 heterocycles. The van der Waals surface area contributed by atoms with Gasteiger partial charge in [-0.1, -0.05) is 24.3 Å². The molecule has 0 bridgehead atoms. The highest BCUT2D eigenvalue weighted by atomic mass is 16.5. The molecule has 1 amide bonds. The van der Waals surface area contributed by atoms with Crippen molar-refractivity contribution >= 4 is 16.8 Å². The van der Waals surface area contributed by atoms with Crippen LogP contribution in [-0.2, 0) is 18.2 Å². The van der Waals surface area contributed by atoms with Gasteiger partial charge in [0.2, 0.25) is 0 Å². The van der Waals surface area contributed by atoms with Crippen molar-refractivity contribution in [3.8, 4) is 11.3 Å². The molecule has 32 heavy (non-hydrogen) atoms. The Balaban J connectivity index is 1.41. The Morgan fingerprint density at radius 3 is 2.75 bits per heavy atom. The first-order chi connectivity index (χ1) is 15.7. The molecule has 162 valence electrons. The molecule has 1 aliphatic heterocycles. The van der Waals surface area contributed by atoms with E-state index in [0.29, 0.717) is 25.3 Å². The Hall–Kier alpha value is -3.58. The fourth-order valence-electron chi connectivity index (χ4n) is 4.08. The van der Waals surface area contributed by atoms with Crippen molar-refractivity contribution in [1.82, 2.24) is 25.1 Å². The fourth-order valence-corrected chi connectivity index (χ4v) is 4.08. The number of aromatic nitrogens is 4. The van der Waals surface area contributed by atoms with E-state index in [0.717, 1.165) is 46.1 Å². The Morgan fingerprint density at radius 2 is 2.00 bits per heavy atom. The molecule has 1 aromatic carbocycles. The summed E-state index contributed by atoms with van der Waals surface area (Å²) in [4.78, 5) is 22.2. The van der Waals surface area contributed by atoms with E-state index in [4.69, 9.17) is 4.74 Å².